The highest BCUT2D eigenvalue weighted by Gasteiger charge is 2.15. The molecule has 0 aliphatic rings. The number of rotatable bonds is 3. The van der Waals surface area contributed by atoms with Crippen LogP contribution in [0.3, 0.4) is 0 Å². The van der Waals surface area contributed by atoms with E-state index in [-0.39, 0.29) is 0 Å². The number of alkyl halides is 1. The number of carbonyl (C=O) groups excluding carboxylic acids is 1. The maximum Gasteiger partial charge on any atom is 0.384 e. The number of halogens is 1. The molecule has 0 aromatic rings. The fraction of sp³-hybridized carbons (Fsp3) is 0.667. The van der Waals surface area contributed by atoms with Crippen molar-refractivity contribution in [2.24, 2.45) is 0 Å². The number of hydrogen-bond donors (Lipinski definition) is 1. The molecule has 0 heterocycles. The summed E-state index contributed by atoms with van der Waals surface area (Å²) >= 11 is 5.45. The van der Waals surface area contributed by atoms with Crippen LogP contribution in [0.5, 0.6) is 0 Å². The summed E-state index contributed by atoms with van der Waals surface area (Å²) in [5, 5.41) is 9.55. The van der Waals surface area contributed by atoms with Crippen molar-refractivity contribution in [3.63, 3.8) is 0 Å². The number of carbonyl (C=O) groups is 1. The molecule has 74 valence electrons. The Bertz CT molecular complexity index is 225. The Morgan fingerprint density at radius 2 is 2.31 bits per heavy atom. The molecule has 0 amide bonds. The minimum atomic E-state index is -1.16. The summed E-state index contributed by atoms with van der Waals surface area (Å²) in [4.78, 5) is 10.6. The van der Waals surface area contributed by atoms with Crippen molar-refractivity contribution in [2.45, 2.75) is 25.4 Å². The van der Waals surface area contributed by atoms with Crippen molar-refractivity contribution in [2.75, 3.05) is 13.0 Å². The van der Waals surface area contributed by atoms with Gasteiger partial charge in [0.2, 0.25) is 0 Å². The molecule has 4 heteroatoms. The molecule has 0 aliphatic heterocycles. The topological polar surface area (TPSA) is 46.5 Å². The fourth-order valence-corrected chi connectivity index (χ4v) is 0.844. The van der Waals surface area contributed by atoms with Gasteiger partial charge < -0.3 is 9.84 Å². The fourth-order valence-electron chi connectivity index (χ4n) is 0.710. The zero-order valence-electron chi connectivity index (χ0n) is 7.76. The number of esters is 1. The van der Waals surface area contributed by atoms with Crippen LogP contribution in [0.2, 0.25) is 0 Å². The third kappa shape index (κ3) is 6.44. The Morgan fingerprint density at radius 3 is 2.77 bits per heavy atom. The van der Waals surface area contributed by atoms with Crippen molar-refractivity contribution in [3.05, 3.63) is 0 Å². The van der Waals surface area contributed by atoms with Crippen LogP contribution in [-0.2, 0) is 9.53 Å². The molecule has 0 rings (SSSR count). The van der Waals surface area contributed by atoms with Crippen LogP contribution in [0, 0.1) is 11.8 Å². The molecule has 1 N–H and O–H groups in total. The number of methoxy groups -OCH3 is 1. The van der Waals surface area contributed by atoms with Crippen molar-refractivity contribution in [1.29, 1.82) is 0 Å². The van der Waals surface area contributed by atoms with E-state index in [1.54, 1.807) is 0 Å². The van der Waals surface area contributed by atoms with Gasteiger partial charge in [-0.25, -0.2) is 4.79 Å². The van der Waals surface area contributed by atoms with Crippen LogP contribution in [0.4, 0.5) is 0 Å². The average molecular weight is 205 g/mol. The van der Waals surface area contributed by atoms with Gasteiger partial charge in [0.05, 0.1) is 7.11 Å². The van der Waals surface area contributed by atoms with E-state index in [0.717, 1.165) is 0 Å². The van der Waals surface area contributed by atoms with Crippen LogP contribution < -0.4 is 0 Å². The lowest BCUT2D eigenvalue weighted by Gasteiger charge is -2.14. The van der Waals surface area contributed by atoms with E-state index in [4.69, 9.17) is 11.6 Å². The SMILES string of the molecule is COC(=O)C#CC(C)(O)CCCCl. The van der Waals surface area contributed by atoms with E-state index in [1.807, 2.05) is 0 Å². The van der Waals surface area contributed by atoms with Crippen LogP contribution in [0.1, 0.15) is 19.8 Å². The molecular weight excluding hydrogens is 192 g/mol. The smallest absolute Gasteiger partial charge is 0.384 e. The molecule has 0 radical (unpaired) electrons. The first-order valence-electron chi connectivity index (χ1n) is 3.91. The molecular formula is C9H13ClO3. The zero-order chi connectivity index (χ0) is 10.3. The second-order valence-electron chi connectivity index (χ2n) is 2.81. The van der Waals surface area contributed by atoms with E-state index in [0.29, 0.717) is 18.7 Å². The van der Waals surface area contributed by atoms with Gasteiger partial charge in [0, 0.05) is 11.8 Å². The van der Waals surface area contributed by atoms with Crippen LogP contribution in [-0.4, -0.2) is 29.7 Å². The molecule has 0 saturated heterocycles. The first-order chi connectivity index (χ1) is 6.02. The molecule has 0 saturated carbocycles. The number of ether oxygens (including phenoxy) is 1. The molecule has 0 bridgehead atoms. The summed E-state index contributed by atoms with van der Waals surface area (Å²) < 4.78 is 4.30. The molecule has 0 spiro atoms. The van der Waals surface area contributed by atoms with E-state index in [1.165, 1.54) is 14.0 Å². The van der Waals surface area contributed by atoms with Gasteiger partial charge in [-0.1, -0.05) is 5.92 Å². The summed E-state index contributed by atoms with van der Waals surface area (Å²) in [7, 11) is 1.24. The van der Waals surface area contributed by atoms with E-state index in [9.17, 15) is 9.90 Å². The molecule has 0 aliphatic carbocycles. The third-order valence-electron chi connectivity index (χ3n) is 1.42. The summed E-state index contributed by atoms with van der Waals surface area (Å²) in [6.45, 7) is 1.54. The van der Waals surface area contributed by atoms with Crippen LogP contribution >= 0.6 is 11.6 Å². The minimum absolute atomic E-state index is 0.445. The second-order valence-corrected chi connectivity index (χ2v) is 3.19. The van der Waals surface area contributed by atoms with E-state index in [2.05, 4.69) is 16.6 Å². The molecule has 13 heavy (non-hydrogen) atoms. The standard InChI is InChI=1S/C9H13ClO3/c1-9(12,5-3-7-10)6-4-8(11)13-2/h12H,3,5,7H2,1-2H3. The maximum atomic E-state index is 10.6. The van der Waals surface area contributed by atoms with Gasteiger partial charge in [0.15, 0.2) is 0 Å². The quantitative estimate of drug-likeness (QED) is 0.322. The molecule has 0 aromatic carbocycles. The molecule has 1 atom stereocenters. The summed E-state index contributed by atoms with van der Waals surface area (Å²) in [5.74, 6) is 4.42. The van der Waals surface area contributed by atoms with Crippen molar-refractivity contribution < 1.29 is 14.6 Å². The zero-order valence-corrected chi connectivity index (χ0v) is 8.52. The van der Waals surface area contributed by atoms with E-state index < -0.39 is 11.6 Å². The van der Waals surface area contributed by atoms with Gasteiger partial charge >= 0.3 is 5.97 Å². The molecule has 3 nitrogen and oxygen atoms in total. The summed E-state index contributed by atoms with van der Waals surface area (Å²) in [6, 6.07) is 0. The highest BCUT2D eigenvalue weighted by molar-refractivity contribution is 6.17. The Hall–Kier alpha value is -0.720. The molecule has 1 unspecified atom stereocenters. The van der Waals surface area contributed by atoms with Crippen LogP contribution in [0.25, 0.3) is 0 Å². The lowest BCUT2D eigenvalue weighted by molar-refractivity contribution is -0.133. The lowest BCUT2D eigenvalue weighted by Crippen LogP contribution is -2.21. The molecule has 0 fully saturated rings. The monoisotopic (exact) mass is 204 g/mol. The van der Waals surface area contributed by atoms with E-state index >= 15 is 0 Å². The highest BCUT2D eigenvalue weighted by Crippen LogP contribution is 2.10. The van der Waals surface area contributed by atoms with Crippen molar-refractivity contribution in [1.82, 2.24) is 0 Å². The van der Waals surface area contributed by atoms with Gasteiger partial charge in [-0.3, -0.25) is 0 Å². The van der Waals surface area contributed by atoms with Gasteiger partial charge in [0.25, 0.3) is 0 Å². The average Bonchev–Trinajstić information content (AvgIpc) is 2.11. The van der Waals surface area contributed by atoms with Gasteiger partial charge in [-0.15, -0.1) is 11.6 Å². The molecule has 0 aromatic heterocycles. The predicted molar refractivity (Wildman–Crippen MR) is 50.4 cm³/mol. The lowest BCUT2D eigenvalue weighted by atomic mass is 10.0. The third-order valence-corrected chi connectivity index (χ3v) is 1.68. The maximum absolute atomic E-state index is 10.6. The Balaban J connectivity index is 4.11. The van der Waals surface area contributed by atoms with Gasteiger partial charge in [-0.05, 0) is 19.8 Å². The predicted octanol–water partition coefficient (Wildman–Crippen LogP) is 0.933. The van der Waals surface area contributed by atoms with Crippen molar-refractivity contribution >= 4 is 17.6 Å². The largest absolute Gasteiger partial charge is 0.459 e. The Labute approximate surface area is 83.0 Å². The van der Waals surface area contributed by atoms with Crippen LogP contribution in [0.15, 0.2) is 0 Å². The number of hydrogen-bond acceptors (Lipinski definition) is 3. The normalized spacial score (nSPS) is 13.8. The summed E-state index contributed by atoms with van der Waals surface area (Å²) in [6.07, 6.45) is 1.10. The summed E-state index contributed by atoms with van der Waals surface area (Å²) in [5.41, 5.74) is -1.16. The number of aliphatic hydroxyl groups is 1. The second kappa shape index (κ2) is 5.85. The first kappa shape index (κ1) is 12.3. The first-order valence-corrected chi connectivity index (χ1v) is 4.45. The van der Waals surface area contributed by atoms with Gasteiger partial charge in [0.1, 0.15) is 5.60 Å². The highest BCUT2D eigenvalue weighted by atomic mass is 35.5. The minimum Gasteiger partial charge on any atom is -0.459 e. The Kier molecular flexibility index (Phi) is 5.52. The van der Waals surface area contributed by atoms with Crippen molar-refractivity contribution in [3.8, 4) is 11.8 Å². The Morgan fingerprint density at radius 1 is 1.69 bits per heavy atom. The van der Waals surface area contributed by atoms with Gasteiger partial charge in [-0.2, -0.15) is 0 Å².